The van der Waals surface area contributed by atoms with E-state index in [0.717, 1.165) is 22.7 Å². The van der Waals surface area contributed by atoms with E-state index >= 15 is 0 Å². The van der Waals surface area contributed by atoms with Crippen LogP contribution in [0, 0.1) is 12.3 Å². The van der Waals surface area contributed by atoms with Gasteiger partial charge in [0.25, 0.3) is 0 Å². The first-order chi connectivity index (χ1) is 11.2. The fraction of sp³-hybridized carbons (Fsp3) is 0.444. The Morgan fingerprint density at radius 2 is 2.04 bits per heavy atom. The Kier molecular flexibility index (Phi) is 4.08. The Balaban J connectivity index is 1.94. The van der Waals surface area contributed by atoms with Crippen molar-refractivity contribution < 1.29 is 9.53 Å². The number of aromatic amines is 1. The quantitative estimate of drug-likeness (QED) is 0.869. The number of rotatable bonds is 4. The molecule has 0 bridgehead atoms. The van der Waals surface area contributed by atoms with Gasteiger partial charge in [-0.3, -0.25) is 10.1 Å². The number of carbonyl (C=O) groups excluding carboxylic acids is 1. The number of carbonyl (C=O) groups is 1. The molecule has 0 saturated heterocycles. The van der Waals surface area contributed by atoms with Crippen LogP contribution in [0.5, 0.6) is 5.75 Å². The van der Waals surface area contributed by atoms with Crippen LogP contribution in [-0.4, -0.2) is 23.0 Å². The average molecular weight is 348 g/mol. The number of anilines is 1. The molecule has 1 heterocycles. The van der Waals surface area contributed by atoms with Crippen LogP contribution in [0.3, 0.4) is 0 Å². The van der Waals surface area contributed by atoms with Crippen molar-refractivity contribution in [2.45, 2.75) is 39.5 Å². The molecule has 1 amide bonds. The number of nitrogens with zero attached hydrogens (tertiary/aromatic N) is 1. The summed E-state index contributed by atoms with van der Waals surface area (Å²) in [5.74, 6) is 1.69. The van der Waals surface area contributed by atoms with Crippen LogP contribution in [0.15, 0.2) is 18.2 Å². The van der Waals surface area contributed by atoms with Gasteiger partial charge in [-0.15, -0.1) is 0 Å². The summed E-state index contributed by atoms with van der Waals surface area (Å²) >= 11 is 6.23. The fourth-order valence-electron chi connectivity index (χ4n) is 3.65. The number of amides is 1. The minimum atomic E-state index is -0.138. The number of hydrogen-bond acceptors (Lipinski definition) is 3. The largest absolute Gasteiger partial charge is 0.497 e. The highest BCUT2D eigenvalue weighted by molar-refractivity contribution is 6.30. The molecule has 6 heteroatoms. The number of H-pyrrole nitrogens is 1. The van der Waals surface area contributed by atoms with E-state index in [2.05, 4.69) is 29.1 Å². The van der Waals surface area contributed by atoms with Crippen LogP contribution >= 0.6 is 11.6 Å². The minimum Gasteiger partial charge on any atom is -0.497 e. The molecule has 1 aromatic carbocycles. The van der Waals surface area contributed by atoms with Crippen molar-refractivity contribution in [2.75, 3.05) is 12.4 Å². The van der Waals surface area contributed by atoms with Gasteiger partial charge in [0.1, 0.15) is 5.75 Å². The molecule has 1 fully saturated rings. The maximum Gasteiger partial charge on any atom is 0.223 e. The summed E-state index contributed by atoms with van der Waals surface area (Å²) in [7, 11) is 1.64. The summed E-state index contributed by atoms with van der Waals surface area (Å²) in [6.45, 7) is 7.90. The van der Waals surface area contributed by atoms with Crippen LogP contribution in [0.2, 0.25) is 5.02 Å². The number of aryl methyl sites for hydroxylation is 1. The van der Waals surface area contributed by atoms with Gasteiger partial charge in [-0.1, -0.05) is 25.4 Å². The Labute approximate surface area is 146 Å². The van der Waals surface area contributed by atoms with Gasteiger partial charge < -0.3 is 9.72 Å². The van der Waals surface area contributed by atoms with Crippen LogP contribution in [-0.2, 0) is 4.79 Å². The first-order valence-corrected chi connectivity index (χ1v) is 8.30. The van der Waals surface area contributed by atoms with E-state index in [-0.39, 0.29) is 17.2 Å². The molecule has 0 aliphatic heterocycles. The normalized spacial score (nSPS) is 21.4. The lowest BCUT2D eigenvalue weighted by atomic mass is 10.0. The van der Waals surface area contributed by atoms with Gasteiger partial charge in [0.05, 0.1) is 12.8 Å². The SMILES string of the molecule is COc1cc(Cl)cc(C2C(c3nc(NC(C)=O)[nH]c3C)C2(C)C)c1. The molecule has 1 aromatic heterocycles. The second-order valence-corrected chi connectivity index (χ2v) is 7.41. The number of halogens is 1. The molecule has 128 valence electrons. The van der Waals surface area contributed by atoms with E-state index in [0.29, 0.717) is 16.9 Å². The predicted molar refractivity (Wildman–Crippen MR) is 94.9 cm³/mol. The molecule has 1 aliphatic carbocycles. The van der Waals surface area contributed by atoms with Gasteiger partial charge in [0, 0.05) is 23.6 Å². The molecule has 1 saturated carbocycles. The number of benzene rings is 1. The number of ether oxygens (including phenoxy) is 1. The number of hydrogen-bond donors (Lipinski definition) is 2. The zero-order chi connectivity index (χ0) is 17.6. The van der Waals surface area contributed by atoms with Gasteiger partial charge in [0.15, 0.2) is 0 Å². The molecule has 2 aromatic rings. The van der Waals surface area contributed by atoms with E-state index in [1.807, 2.05) is 25.1 Å². The van der Waals surface area contributed by atoms with Crippen molar-refractivity contribution in [1.82, 2.24) is 9.97 Å². The molecule has 2 unspecified atom stereocenters. The van der Waals surface area contributed by atoms with E-state index < -0.39 is 0 Å². The van der Waals surface area contributed by atoms with Gasteiger partial charge in [-0.2, -0.15) is 0 Å². The number of nitrogens with one attached hydrogen (secondary N) is 2. The molecular formula is C18H22ClN3O2. The van der Waals surface area contributed by atoms with Crippen molar-refractivity contribution in [1.29, 1.82) is 0 Å². The molecule has 3 rings (SSSR count). The highest BCUT2D eigenvalue weighted by Crippen LogP contribution is 2.70. The Bertz CT molecular complexity index is 798. The lowest BCUT2D eigenvalue weighted by molar-refractivity contribution is -0.114. The first-order valence-electron chi connectivity index (χ1n) is 7.92. The van der Waals surface area contributed by atoms with E-state index in [1.165, 1.54) is 6.92 Å². The molecule has 2 N–H and O–H groups in total. The zero-order valence-corrected chi connectivity index (χ0v) is 15.3. The van der Waals surface area contributed by atoms with E-state index in [1.54, 1.807) is 7.11 Å². The second kappa shape index (κ2) is 5.81. The Hall–Kier alpha value is -2.01. The van der Waals surface area contributed by atoms with Gasteiger partial charge in [0.2, 0.25) is 11.9 Å². The van der Waals surface area contributed by atoms with Crippen molar-refractivity contribution in [3.05, 3.63) is 40.2 Å². The van der Waals surface area contributed by atoms with Gasteiger partial charge in [-0.25, -0.2) is 4.98 Å². The minimum absolute atomic E-state index is 0.0587. The van der Waals surface area contributed by atoms with Crippen LogP contribution < -0.4 is 10.1 Å². The summed E-state index contributed by atoms with van der Waals surface area (Å²) in [6.07, 6.45) is 0. The first kappa shape index (κ1) is 16.8. The summed E-state index contributed by atoms with van der Waals surface area (Å²) in [6, 6.07) is 5.84. The highest BCUT2D eigenvalue weighted by Gasteiger charge is 2.60. The van der Waals surface area contributed by atoms with Crippen LogP contribution in [0.25, 0.3) is 0 Å². The molecule has 2 atom stereocenters. The molecule has 5 nitrogen and oxygen atoms in total. The zero-order valence-electron chi connectivity index (χ0n) is 14.5. The Morgan fingerprint density at radius 1 is 1.33 bits per heavy atom. The summed E-state index contributed by atoms with van der Waals surface area (Å²) in [4.78, 5) is 19.0. The monoisotopic (exact) mass is 347 g/mol. The van der Waals surface area contributed by atoms with Gasteiger partial charge in [-0.05, 0) is 42.0 Å². The molecule has 0 radical (unpaired) electrons. The molecule has 0 spiro atoms. The summed E-state index contributed by atoms with van der Waals surface area (Å²) in [5, 5.41) is 3.38. The lowest BCUT2D eigenvalue weighted by Crippen LogP contribution is -2.07. The predicted octanol–water partition coefficient (Wildman–Crippen LogP) is 4.25. The summed E-state index contributed by atoms with van der Waals surface area (Å²) in [5.41, 5.74) is 3.18. The van der Waals surface area contributed by atoms with Crippen molar-refractivity contribution in [3.8, 4) is 5.75 Å². The third-order valence-electron chi connectivity index (χ3n) is 4.83. The maximum absolute atomic E-state index is 11.2. The Morgan fingerprint density at radius 3 is 2.67 bits per heavy atom. The number of imidazole rings is 1. The van der Waals surface area contributed by atoms with E-state index in [9.17, 15) is 4.79 Å². The number of methoxy groups -OCH3 is 1. The van der Waals surface area contributed by atoms with Crippen molar-refractivity contribution in [2.24, 2.45) is 5.41 Å². The topological polar surface area (TPSA) is 67.0 Å². The smallest absolute Gasteiger partial charge is 0.223 e. The van der Waals surface area contributed by atoms with E-state index in [4.69, 9.17) is 16.3 Å². The third kappa shape index (κ3) is 2.88. The molecule has 1 aliphatic rings. The van der Waals surface area contributed by atoms with Gasteiger partial charge >= 0.3 is 0 Å². The number of aromatic nitrogens is 2. The third-order valence-corrected chi connectivity index (χ3v) is 5.05. The van der Waals surface area contributed by atoms with Crippen LogP contribution in [0.1, 0.15) is 49.6 Å². The highest BCUT2D eigenvalue weighted by atomic mass is 35.5. The van der Waals surface area contributed by atoms with Crippen LogP contribution in [0.4, 0.5) is 5.95 Å². The average Bonchev–Trinajstić information content (AvgIpc) is 2.86. The van der Waals surface area contributed by atoms with Crippen molar-refractivity contribution >= 4 is 23.5 Å². The second-order valence-electron chi connectivity index (χ2n) is 6.98. The maximum atomic E-state index is 11.2. The standard InChI is InChI=1S/C18H22ClN3O2/c1-9-16(22-17(20-9)21-10(2)23)15-14(18(15,3)4)11-6-12(19)8-13(7-11)24-5/h6-8,14-15H,1-5H3,(H2,20,21,22,23). The lowest BCUT2D eigenvalue weighted by Gasteiger charge is -2.07. The molecule has 24 heavy (non-hydrogen) atoms. The molecular weight excluding hydrogens is 326 g/mol. The van der Waals surface area contributed by atoms with Crippen molar-refractivity contribution in [3.63, 3.8) is 0 Å². The summed E-state index contributed by atoms with van der Waals surface area (Å²) < 4.78 is 5.34. The fourth-order valence-corrected chi connectivity index (χ4v) is 3.89.